The highest BCUT2D eigenvalue weighted by molar-refractivity contribution is 7.80. The van der Waals surface area contributed by atoms with Crippen LogP contribution in [0.2, 0.25) is 5.02 Å². The summed E-state index contributed by atoms with van der Waals surface area (Å²) in [5, 5.41) is 6.34. The Labute approximate surface area is 155 Å². The lowest BCUT2D eigenvalue weighted by Gasteiger charge is -2.12. The van der Waals surface area contributed by atoms with Gasteiger partial charge in [0.1, 0.15) is 17.3 Å². The van der Waals surface area contributed by atoms with E-state index in [4.69, 9.17) is 28.6 Å². The molecule has 0 bridgehead atoms. The Morgan fingerprint density at radius 1 is 0.840 bits per heavy atom. The van der Waals surface area contributed by atoms with E-state index in [0.29, 0.717) is 10.8 Å². The average Bonchev–Trinajstić information content (AvgIpc) is 2.61. The van der Waals surface area contributed by atoms with Crippen LogP contribution in [-0.4, -0.2) is 5.11 Å². The van der Waals surface area contributed by atoms with Crippen molar-refractivity contribution in [2.24, 2.45) is 0 Å². The van der Waals surface area contributed by atoms with Crippen LogP contribution >= 0.6 is 23.8 Å². The molecule has 0 aliphatic heterocycles. The molecule has 0 aromatic heterocycles. The zero-order valence-corrected chi connectivity index (χ0v) is 14.6. The number of anilines is 2. The van der Waals surface area contributed by atoms with E-state index in [1.165, 1.54) is 12.1 Å². The summed E-state index contributed by atoms with van der Waals surface area (Å²) in [6.45, 7) is 0. The van der Waals surface area contributed by atoms with E-state index in [1.54, 1.807) is 6.07 Å². The van der Waals surface area contributed by atoms with Crippen molar-refractivity contribution in [3.8, 4) is 11.5 Å². The summed E-state index contributed by atoms with van der Waals surface area (Å²) in [6.07, 6.45) is 0. The molecule has 3 aromatic rings. The number of hydrogen-bond acceptors (Lipinski definition) is 2. The highest BCUT2D eigenvalue weighted by Gasteiger charge is 2.04. The highest BCUT2D eigenvalue weighted by atomic mass is 35.5. The number of halogens is 2. The summed E-state index contributed by atoms with van der Waals surface area (Å²) in [5.74, 6) is 0.984. The lowest BCUT2D eigenvalue weighted by molar-refractivity contribution is 0.483. The van der Waals surface area contributed by atoms with Crippen LogP contribution in [0.4, 0.5) is 15.8 Å². The minimum Gasteiger partial charge on any atom is -0.457 e. The summed E-state index contributed by atoms with van der Waals surface area (Å²) < 4.78 is 19.2. The van der Waals surface area contributed by atoms with E-state index in [1.807, 2.05) is 54.6 Å². The topological polar surface area (TPSA) is 33.3 Å². The zero-order valence-electron chi connectivity index (χ0n) is 13.0. The smallest absolute Gasteiger partial charge is 0.175 e. The summed E-state index contributed by atoms with van der Waals surface area (Å²) in [7, 11) is 0. The van der Waals surface area contributed by atoms with Crippen LogP contribution in [0.15, 0.2) is 72.8 Å². The quantitative estimate of drug-likeness (QED) is 0.544. The Hall–Kier alpha value is -2.63. The van der Waals surface area contributed by atoms with E-state index >= 15 is 0 Å². The molecule has 126 valence electrons. The van der Waals surface area contributed by atoms with Crippen molar-refractivity contribution in [3.63, 3.8) is 0 Å². The summed E-state index contributed by atoms with van der Waals surface area (Å²) in [6, 6.07) is 21.3. The first-order valence-corrected chi connectivity index (χ1v) is 8.25. The Morgan fingerprint density at radius 2 is 1.44 bits per heavy atom. The summed E-state index contributed by atoms with van der Waals surface area (Å²) >= 11 is 10.9. The fourth-order valence-electron chi connectivity index (χ4n) is 2.10. The first-order valence-electron chi connectivity index (χ1n) is 7.46. The Balaban J connectivity index is 1.59. The molecule has 3 aromatic carbocycles. The molecule has 0 heterocycles. The number of para-hydroxylation sites is 1. The number of rotatable bonds is 4. The second-order valence-corrected chi connectivity index (χ2v) is 5.96. The second-order valence-electron chi connectivity index (χ2n) is 5.15. The SMILES string of the molecule is Fc1cc(NC(=S)Nc2ccc(Oc3ccccc3)cc2)ccc1Cl. The van der Waals surface area contributed by atoms with Crippen LogP contribution in [-0.2, 0) is 0 Å². The molecule has 0 fully saturated rings. The third-order valence-corrected chi connectivity index (χ3v) is 3.78. The van der Waals surface area contributed by atoms with Gasteiger partial charge >= 0.3 is 0 Å². The molecule has 0 aliphatic carbocycles. The van der Waals surface area contributed by atoms with Gasteiger partial charge in [0.05, 0.1) is 5.02 Å². The normalized spacial score (nSPS) is 10.2. The fraction of sp³-hybridized carbons (Fsp3) is 0. The number of hydrogen-bond donors (Lipinski definition) is 2. The fourth-order valence-corrected chi connectivity index (χ4v) is 2.45. The molecule has 0 saturated heterocycles. The molecule has 0 atom stereocenters. The van der Waals surface area contributed by atoms with Gasteiger partial charge in [0.2, 0.25) is 0 Å². The molecule has 0 aliphatic rings. The molecule has 0 radical (unpaired) electrons. The molecular formula is C19H14ClFN2OS. The maximum Gasteiger partial charge on any atom is 0.175 e. The van der Waals surface area contributed by atoms with Gasteiger partial charge in [-0.2, -0.15) is 0 Å². The van der Waals surface area contributed by atoms with Gasteiger partial charge in [-0.05, 0) is 66.8 Å². The molecule has 6 heteroatoms. The van der Waals surface area contributed by atoms with Crippen molar-refractivity contribution in [2.45, 2.75) is 0 Å². The molecule has 0 amide bonds. The summed E-state index contributed by atoms with van der Waals surface area (Å²) in [5.41, 5.74) is 1.30. The predicted molar refractivity (Wildman–Crippen MR) is 104 cm³/mol. The van der Waals surface area contributed by atoms with E-state index < -0.39 is 5.82 Å². The monoisotopic (exact) mass is 372 g/mol. The van der Waals surface area contributed by atoms with Crippen LogP contribution in [0.25, 0.3) is 0 Å². The molecule has 0 unspecified atom stereocenters. The lowest BCUT2D eigenvalue weighted by atomic mass is 10.3. The van der Waals surface area contributed by atoms with Crippen LogP contribution < -0.4 is 15.4 Å². The van der Waals surface area contributed by atoms with Crippen LogP contribution in [0.1, 0.15) is 0 Å². The minimum absolute atomic E-state index is 0.0680. The number of ether oxygens (including phenoxy) is 1. The largest absolute Gasteiger partial charge is 0.457 e. The van der Waals surface area contributed by atoms with Crippen molar-refractivity contribution in [2.75, 3.05) is 10.6 Å². The van der Waals surface area contributed by atoms with Crippen molar-refractivity contribution in [1.82, 2.24) is 0 Å². The van der Waals surface area contributed by atoms with Crippen molar-refractivity contribution >= 4 is 40.3 Å². The van der Waals surface area contributed by atoms with Gasteiger partial charge in [-0.3, -0.25) is 0 Å². The molecular weight excluding hydrogens is 359 g/mol. The van der Waals surface area contributed by atoms with Gasteiger partial charge in [-0.1, -0.05) is 29.8 Å². The molecule has 2 N–H and O–H groups in total. The first-order chi connectivity index (χ1) is 12.1. The van der Waals surface area contributed by atoms with E-state index in [0.717, 1.165) is 17.2 Å². The molecule has 0 spiro atoms. The van der Waals surface area contributed by atoms with Gasteiger partial charge in [0.25, 0.3) is 0 Å². The second kappa shape index (κ2) is 7.96. The highest BCUT2D eigenvalue weighted by Crippen LogP contribution is 2.23. The van der Waals surface area contributed by atoms with Crippen molar-refractivity contribution in [1.29, 1.82) is 0 Å². The van der Waals surface area contributed by atoms with E-state index in [9.17, 15) is 4.39 Å². The Kier molecular flexibility index (Phi) is 5.48. The third kappa shape index (κ3) is 4.92. The van der Waals surface area contributed by atoms with E-state index in [-0.39, 0.29) is 5.02 Å². The van der Waals surface area contributed by atoms with Crippen molar-refractivity contribution < 1.29 is 9.13 Å². The van der Waals surface area contributed by atoms with Crippen LogP contribution in [0.3, 0.4) is 0 Å². The number of thiocarbonyl (C=S) groups is 1. The van der Waals surface area contributed by atoms with Crippen LogP contribution in [0.5, 0.6) is 11.5 Å². The van der Waals surface area contributed by atoms with Gasteiger partial charge < -0.3 is 15.4 Å². The molecule has 0 saturated carbocycles. The minimum atomic E-state index is -0.503. The number of benzene rings is 3. The van der Waals surface area contributed by atoms with Gasteiger partial charge in [-0.15, -0.1) is 0 Å². The Bertz CT molecular complexity index is 872. The first kappa shape index (κ1) is 17.2. The lowest BCUT2D eigenvalue weighted by Crippen LogP contribution is -2.19. The maximum atomic E-state index is 13.4. The Morgan fingerprint density at radius 3 is 2.12 bits per heavy atom. The zero-order chi connectivity index (χ0) is 17.6. The third-order valence-electron chi connectivity index (χ3n) is 3.27. The number of nitrogens with one attached hydrogen (secondary N) is 2. The van der Waals surface area contributed by atoms with E-state index in [2.05, 4.69) is 10.6 Å². The van der Waals surface area contributed by atoms with Gasteiger partial charge in [-0.25, -0.2) is 4.39 Å². The molecule has 3 nitrogen and oxygen atoms in total. The van der Waals surface area contributed by atoms with Gasteiger partial charge in [0.15, 0.2) is 5.11 Å². The maximum absolute atomic E-state index is 13.4. The average molecular weight is 373 g/mol. The summed E-state index contributed by atoms with van der Waals surface area (Å²) in [4.78, 5) is 0. The van der Waals surface area contributed by atoms with Gasteiger partial charge in [0, 0.05) is 11.4 Å². The molecule has 25 heavy (non-hydrogen) atoms. The van der Waals surface area contributed by atoms with Crippen molar-refractivity contribution in [3.05, 3.63) is 83.6 Å². The van der Waals surface area contributed by atoms with Crippen LogP contribution in [0, 0.1) is 5.82 Å². The predicted octanol–water partition coefficient (Wildman–Crippen LogP) is 6.08. The standard InChI is InChI=1S/C19H14ClFN2OS/c20-17-11-8-14(12-18(17)21)23-19(25)22-13-6-9-16(10-7-13)24-15-4-2-1-3-5-15/h1-12H,(H2,22,23,25). The molecule has 3 rings (SSSR count).